The van der Waals surface area contributed by atoms with E-state index in [1.54, 1.807) is 24.3 Å². The number of para-hydroxylation sites is 1. The number of fused-ring (bicyclic) bond motifs is 1. The van der Waals surface area contributed by atoms with Crippen molar-refractivity contribution in [2.24, 2.45) is 14.1 Å². The molecule has 1 aromatic carbocycles. The monoisotopic (exact) mass is 431 g/mol. The minimum Gasteiger partial charge on any atom is -0.384 e. The molecule has 0 saturated carbocycles. The molecule has 158 valence electrons. The standard InChI is InChI=1S/C19H21N5O5S/c1-22-15(20)14(17(27)23(2)19(22)28)13(25)10-30-18-21-12-7-5-4-6-11(12)16(26)24(18)8-9-29-3/h4-7H,8-10,20H2,1-3H3. The molecule has 2 N–H and O–H groups in total. The summed E-state index contributed by atoms with van der Waals surface area (Å²) in [6.07, 6.45) is 0. The summed E-state index contributed by atoms with van der Waals surface area (Å²) in [7, 11) is 4.18. The van der Waals surface area contributed by atoms with Gasteiger partial charge in [0.15, 0.2) is 10.9 Å². The highest BCUT2D eigenvalue weighted by molar-refractivity contribution is 7.99. The molecule has 0 unspecified atom stereocenters. The third-order valence-corrected chi connectivity index (χ3v) is 5.64. The zero-order valence-electron chi connectivity index (χ0n) is 16.7. The van der Waals surface area contributed by atoms with Crippen molar-refractivity contribution >= 4 is 34.3 Å². The molecule has 0 bridgehead atoms. The van der Waals surface area contributed by atoms with Gasteiger partial charge in [-0.3, -0.25) is 28.1 Å². The largest absolute Gasteiger partial charge is 0.384 e. The number of nitrogens with two attached hydrogens (primary N) is 1. The average Bonchev–Trinajstić information content (AvgIpc) is 2.74. The van der Waals surface area contributed by atoms with Gasteiger partial charge in [-0.15, -0.1) is 0 Å². The van der Waals surface area contributed by atoms with Gasteiger partial charge in [0, 0.05) is 21.2 Å². The Kier molecular flexibility index (Phi) is 6.22. The zero-order valence-corrected chi connectivity index (χ0v) is 17.6. The van der Waals surface area contributed by atoms with E-state index in [4.69, 9.17) is 10.5 Å². The lowest BCUT2D eigenvalue weighted by Crippen LogP contribution is -2.41. The average molecular weight is 431 g/mol. The molecule has 0 atom stereocenters. The first-order chi connectivity index (χ1) is 14.3. The molecular weight excluding hydrogens is 410 g/mol. The fraction of sp³-hybridized carbons (Fsp3) is 0.316. The number of hydrogen-bond donors (Lipinski definition) is 1. The maximum Gasteiger partial charge on any atom is 0.332 e. The van der Waals surface area contributed by atoms with Crippen LogP contribution in [0.15, 0.2) is 43.8 Å². The van der Waals surface area contributed by atoms with Crippen LogP contribution < -0.4 is 22.5 Å². The van der Waals surface area contributed by atoms with Crippen molar-refractivity contribution < 1.29 is 9.53 Å². The van der Waals surface area contributed by atoms with E-state index in [1.165, 1.54) is 25.8 Å². The summed E-state index contributed by atoms with van der Waals surface area (Å²) < 4.78 is 8.39. The molecule has 0 saturated heterocycles. The van der Waals surface area contributed by atoms with Gasteiger partial charge in [0.05, 0.1) is 29.8 Å². The summed E-state index contributed by atoms with van der Waals surface area (Å²) in [6, 6.07) is 6.91. The predicted octanol–water partition coefficient (Wildman–Crippen LogP) is -0.00250. The summed E-state index contributed by atoms with van der Waals surface area (Å²) in [6.45, 7) is 0.545. The molecule has 0 aliphatic carbocycles. The van der Waals surface area contributed by atoms with E-state index >= 15 is 0 Å². The van der Waals surface area contributed by atoms with Crippen molar-refractivity contribution in [2.45, 2.75) is 11.7 Å². The lowest BCUT2D eigenvalue weighted by atomic mass is 10.2. The Morgan fingerprint density at radius 2 is 1.83 bits per heavy atom. The molecule has 0 aliphatic heterocycles. The molecule has 2 aromatic heterocycles. The quantitative estimate of drug-likeness (QED) is 0.314. The van der Waals surface area contributed by atoms with E-state index in [0.29, 0.717) is 16.1 Å². The van der Waals surface area contributed by atoms with Crippen LogP contribution in [0, 0.1) is 0 Å². The van der Waals surface area contributed by atoms with Crippen LogP contribution in [0.5, 0.6) is 0 Å². The van der Waals surface area contributed by atoms with Gasteiger partial charge in [0.25, 0.3) is 11.1 Å². The van der Waals surface area contributed by atoms with E-state index in [2.05, 4.69) is 4.98 Å². The normalized spacial score (nSPS) is 11.2. The van der Waals surface area contributed by atoms with E-state index in [-0.39, 0.29) is 35.8 Å². The smallest absolute Gasteiger partial charge is 0.332 e. The van der Waals surface area contributed by atoms with E-state index in [9.17, 15) is 19.2 Å². The van der Waals surface area contributed by atoms with Gasteiger partial charge in [-0.1, -0.05) is 23.9 Å². The van der Waals surface area contributed by atoms with Gasteiger partial charge < -0.3 is 10.5 Å². The number of hydrogen-bond acceptors (Lipinski definition) is 8. The number of carbonyl (C=O) groups is 1. The number of nitrogens with zero attached hydrogens (tertiary/aromatic N) is 4. The van der Waals surface area contributed by atoms with Gasteiger partial charge in [-0.2, -0.15) is 0 Å². The highest BCUT2D eigenvalue weighted by Gasteiger charge is 2.21. The summed E-state index contributed by atoms with van der Waals surface area (Å²) in [5.74, 6) is -0.943. The molecule has 3 rings (SSSR count). The fourth-order valence-corrected chi connectivity index (χ4v) is 3.86. The van der Waals surface area contributed by atoms with Crippen LogP contribution >= 0.6 is 11.8 Å². The van der Waals surface area contributed by atoms with Crippen molar-refractivity contribution in [1.82, 2.24) is 18.7 Å². The van der Waals surface area contributed by atoms with Gasteiger partial charge in [-0.05, 0) is 12.1 Å². The van der Waals surface area contributed by atoms with Crippen molar-refractivity contribution in [3.63, 3.8) is 0 Å². The molecule has 0 amide bonds. The second-order valence-corrected chi connectivity index (χ2v) is 7.48. The molecular formula is C19H21N5O5S. The number of ketones is 1. The number of carbonyl (C=O) groups excluding carboxylic acids is 1. The van der Waals surface area contributed by atoms with Gasteiger partial charge in [0.1, 0.15) is 11.4 Å². The van der Waals surface area contributed by atoms with Crippen LogP contribution in [0.3, 0.4) is 0 Å². The van der Waals surface area contributed by atoms with Crippen molar-refractivity contribution in [1.29, 1.82) is 0 Å². The second kappa shape index (κ2) is 8.67. The Morgan fingerprint density at radius 3 is 2.53 bits per heavy atom. The van der Waals surface area contributed by atoms with Crippen LogP contribution in [0.2, 0.25) is 0 Å². The van der Waals surface area contributed by atoms with Crippen molar-refractivity contribution in [2.75, 3.05) is 25.2 Å². The highest BCUT2D eigenvalue weighted by Crippen LogP contribution is 2.19. The number of methoxy groups -OCH3 is 1. The zero-order chi connectivity index (χ0) is 22.0. The third-order valence-electron chi connectivity index (χ3n) is 4.67. The van der Waals surface area contributed by atoms with Crippen molar-refractivity contribution in [3.8, 4) is 0 Å². The van der Waals surface area contributed by atoms with Crippen LogP contribution in [0.1, 0.15) is 10.4 Å². The predicted molar refractivity (Wildman–Crippen MR) is 114 cm³/mol. The molecule has 0 aliphatic rings. The molecule has 2 heterocycles. The van der Waals surface area contributed by atoms with E-state index in [0.717, 1.165) is 20.9 Å². The summed E-state index contributed by atoms with van der Waals surface area (Å²) in [4.78, 5) is 54.5. The second-order valence-electron chi connectivity index (χ2n) is 6.54. The summed E-state index contributed by atoms with van der Waals surface area (Å²) >= 11 is 1.02. The molecule has 0 fully saturated rings. The minimum absolute atomic E-state index is 0.185. The topological polar surface area (TPSA) is 131 Å². The Balaban J connectivity index is 2.00. The Hall–Kier alpha value is -3.18. The van der Waals surface area contributed by atoms with E-state index in [1.807, 2.05) is 0 Å². The van der Waals surface area contributed by atoms with Crippen molar-refractivity contribution in [3.05, 3.63) is 61.0 Å². The Morgan fingerprint density at radius 1 is 1.13 bits per heavy atom. The SMILES string of the molecule is COCCn1c(SCC(=O)c2c(N)n(C)c(=O)n(C)c2=O)nc2ccccc2c1=O. The number of Topliss-reactive ketones (excluding diaryl/α,β-unsaturated/α-hetero) is 1. The first kappa shape index (κ1) is 21.5. The van der Waals surface area contributed by atoms with Gasteiger partial charge >= 0.3 is 5.69 Å². The number of nitrogen functional groups attached to an aromatic ring is 1. The lowest BCUT2D eigenvalue weighted by molar-refractivity contribution is 0.102. The number of ether oxygens (including phenoxy) is 1. The first-order valence-corrected chi connectivity index (χ1v) is 9.96. The van der Waals surface area contributed by atoms with Gasteiger partial charge in [-0.25, -0.2) is 9.78 Å². The molecule has 3 aromatic rings. The number of benzene rings is 1. The molecule has 10 nitrogen and oxygen atoms in total. The summed E-state index contributed by atoms with van der Waals surface area (Å²) in [5.41, 5.74) is 4.46. The number of thioether (sulfide) groups is 1. The van der Waals surface area contributed by atoms with Crippen LogP contribution in [0.4, 0.5) is 5.82 Å². The van der Waals surface area contributed by atoms with Crippen LogP contribution in [0.25, 0.3) is 10.9 Å². The molecule has 0 radical (unpaired) electrons. The molecule has 11 heteroatoms. The third kappa shape index (κ3) is 3.81. The lowest BCUT2D eigenvalue weighted by Gasteiger charge is -2.13. The summed E-state index contributed by atoms with van der Waals surface area (Å²) in [5, 5.41) is 0.782. The number of aromatic nitrogens is 4. The number of rotatable bonds is 7. The Bertz CT molecular complexity index is 1310. The van der Waals surface area contributed by atoms with E-state index < -0.39 is 17.0 Å². The molecule has 0 spiro atoms. The molecule has 30 heavy (non-hydrogen) atoms. The number of anilines is 1. The minimum atomic E-state index is -0.760. The maximum absolute atomic E-state index is 12.9. The van der Waals surface area contributed by atoms with Crippen LogP contribution in [-0.2, 0) is 25.4 Å². The fourth-order valence-electron chi connectivity index (χ4n) is 2.96. The van der Waals surface area contributed by atoms with Crippen LogP contribution in [-0.4, -0.2) is 43.9 Å². The maximum atomic E-state index is 12.9. The first-order valence-electron chi connectivity index (χ1n) is 8.98. The highest BCUT2D eigenvalue weighted by atomic mass is 32.2. The van der Waals surface area contributed by atoms with Gasteiger partial charge in [0.2, 0.25) is 0 Å². The Labute approximate surface area is 174 Å².